The zero-order chi connectivity index (χ0) is 19.3. The fourth-order valence-corrected chi connectivity index (χ4v) is 19.0. The lowest BCUT2D eigenvalue weighted by atomic mass is 10.6. The molecule has 0 spiro atoms. The molecule has 26 heavy (non-hydrogen) atoms. The lowest BCUT2D eigenvalue weighted by Crippen LogP contribution is -2.46. The third-order valence-electron chi connectivity index (χ3n) is 3.23. The summed E-state index contributed by atoms with van der Waals surface area (Å²) in [4.78, 5) is 0. The van der Waals surface area contributed by atoms with Crippen LogP contribution in [0.2, 0.25) is 6.04 Å². The van der Waals surface area contributed by atoms with E-state index in [0.717, 1.165) is 24.6 Å². The van der Waals surface area contributed by atoms with Gasteiger partial charge in [0.2, 0.25) is 0 Å². The summed E-state index contributed by atoms with van der Waals surface area (Å²) >= 11 is 8.94. The van der Waals surface area contributed by atoms with E-state index in [1.165, 1.54) is 9.83 Å². The normalized spacial score (nSPS) is 14.8. The molecular formula is C12H40N2O6S4Si2. The Labute approximate surface area is 177 Å². The van der Waals surface area contributed by atoms with E-state index < -0.39 is 24.3 Å². The van der Waals surface area contributed by atoms with Crippen molar-refractivity contribution in [2.45, 2.75) is 32.7 Å². The van der Waals surface area contributed by atoms with Gasteiger partial charge in [0.1, 0.15) is 0 Å². The first kappa shape index (κ1) is 35.0. The van der Waals surface area contributed by atoms with Gasteiger partial charge in [-0.2, -0.15) is 0 Å². The molecule has 0 aromatic heterocycles. The maximum Gasteiger partial charge on any atom is 0.574 e. The molecule has 0 aromatic carbocycles. The van der Waals surface area contributed by atoms with Crippen LogP contribution in [0.4, 0.5) is 0 Å². The molecule has 0 saturated carbocycles. The Hall–Kier alpha value is 1.51. The molecule has 14 heteroatoms. The van der Waals surface area contributed by atoms with Crippen LogP contribution in [0.1, 0.15) is 26.7 Å². The first-order valence-electron chi connectivity index (χ1n) is 7.47. The Bertz CT molecular complexity index is 305. The van der Waals surface area contributed by atoms with Crippen molar-refractivity contribution in [1.29, 1.82) is 0 Å². The van der Waals surface area contributed by atoms with Crippen LogP contribution >= 0.6 is 40.7 Å². The molecule has 8 nitrogen and oxygen atoms in total. The van der Waals surface area contributed by atoms with Gasteiger partial charge in [-0.1, -0.05) is 27.8 Å². The van der Waals surface area contributed by atoms with Crippen LogP contribution in [0.15, 0.2) is 0 Å². The van der Waals surface area contributed by atoms with Crippen LogP contribution < -0.4 is 12.3 Å². The minimum Gasteiger partial charge on any atom is -0.377 e. The van der Waals surface area contributed by atoms with Crippen LogP contribution in [0, 0.1) is 0 Å². The Kier molecular flexibility index (Phi) is 24.9. The van der Waals surface area contributed by atoms with Crippen LogP contribution in [-0.2, 0) is 26.6 Å². The molecule has 0 aliphatic heterocycles. The summed E-state index contributed by atoms with van der Waals surface area (Å²) in [6, 6.07) is 0.885. The second kappa shape index (κ2) is 18.5. The monoisotopic (exact) mass is 492 g/mol. The molecule has 0 aliphatic rings. The van der Waals surface area contributed by atoms with E-state index in [0.29, 0.717) is 0 Å². The Morgan fingerprint density at radius 3 is 1.31 bits per heavy atom. The molecular weight excluding hydrogens is 453 g/mol. The van der Waals surface area contributed by atoms with Gasteiger partial charge in [-0.05, 0) is 22.0 Å². The van der Waals surface area contributed by atoms with Crippen LogP contribution in [-0.4, -0.2) is 65.2 Å². The highest BCUT2D eigenvalue weighted by atomic mass is 33.8. The van der Waals surface area contributed by atoms with E-state index >= 15 is 0 Å². The molecule has 0 rings (SSSR count). The molecule has 0 aromatic rings. The summed E-state index contributed by atoms with van der Waals surface area (Å²) in [5.41, 5.74) is 0. The van der Waals surface area contributed by atoms with Gasteiger partial charge in [0.05, 0.1) is 0 Å². The van der Waals surface area contributed by atoms with Crippen molar-refractivity contribution in [3.63, 3.8) is 0 Å². The van der Waals surface area contributed by atoms with Gasteiger partial charge in [-0.3, -0.25) is 0 Å². The summed E-state index contributed by atoms with van der Waals surface area (Å²) in [7, 11) is 4.82. The zero-order valence-corrected chi connectivity index (χ0v) is 22.8. The van der Waals surface area contributed by atoms with Crippen molar-refractivity contribution in [3.8, 4) is 0 Å². The summed E-state index contributed by atoms with van der Waals surface area (Å²) in [5, 5.41) is 0. The van der Waals surface area contributed by atoms with Crippen molar-refractivity contribution in [1.82, 2.24) is 12.3 Å². The Morgan fingerprint density at radius 1 is 0.769 bits per heavy atom. The fraction of sp³-hybridized carbons (Fsp3) is 1.00. The molecule has 0 bridgehead atoms. The molecule has 0 radical (unpaired) electrons. The van der Waals surface area contributed by atoms with Crippen molar-refractivity contribution < 1.29 is 26.6 Å². The fourth-order valence-electron chi connectivity index (χ4n) is 1.99. The Balaban J connectivity index is -0.000000181. The second-order valence-electron chi connectivity index (χ2n) is 4.58. The standard InChI is InChI=1S/C6H18O3S4Si.C6H16O3Si.2H3N/c1-5-6-13(11,12-10)14(7-2,8-3)9-4;1-5-6-10(7-2,8-3)9-4;;/h10-11H,5-6H2,1-4H3;5-6H2,1-4H3;2*1H3. The zero-order valence-electron chi connectivity index (χ0n) is 17.4. The smallest absolute Gasteiger partial charge is 0.377 e. The highest BCUT2D eigenvalue weighted by Crippen LogP contribution is 2.72. The SMILES string of the molecule is CCCS(S)(SS)[Si](OC)(OC)OC.CCC[Si](OC)(OC)OC.N.N. The lowest BCUT2D eigenvalue weighted by Gasteiger charge is -2.41. The first-order valence-corrected chi connectivity index (χ1v) is 17.1. The largest absolute Gasteiger partial charge is 0.574 e. The van der Waals surface area contributed by atoms with Gasteiger partial charge in [0.25, 0.3) is 0 Å². The van der Waals surface area contributed by atoms with Crippen molar-refractivity contribution in [2.24, 2.45) is 0 Å². The van der Waals surface area contributed by atoms with E-state index in [1.54, 1.807) is 42.7 Å². The van der Waals surface area contributed by atoms with E-state index in [9.17, 15) is 0 Å². The van der Waals surface area contributed by atoms with Gasteiger partial charge >= 0.3 is 16.8 Å². The second-order valence-corrected chi connectivity index (χ2v) is 23.3. The summed E-state index contributed by atoms with van der Waals surface area (Å²) in [6.45, 7) is 4.18. The number of rotatable bonds is 12. The maximum atomic E-state index is 5.43. The highest BCUT2D eigenvalue weighted by molar-refractivity contribution is 9.40. The van der Waals surface area contributed by atoms with Crippen LogP contribution in [0.5, 0.6) is 0 Å². The van der Waals surface area contributed by atoms with Gasteiger partial charge in [0.15, 0.2) is 0 Å². The van der Waals surface area contributed by atoms with Gasteiger partial charge in [-0.25, -0.2) is 0 Å². The highest BCUT2D eigenvalue weighted by Gasteiger charge is 2.54. The first-order chi connectivity index (χ1) is 11.3. The molecule has 1 unspecified atom stereocenters. The summed E-state index contributed by atoms with van der Waals surface area (Å²) in [6.07, 6.45) is 2.04. The van der Waals surface area contributed by atoms with E-state index in [4.69, 9.17) is 26.6 Å². The van der Waals surface area contributed by atoms with Crippen molar-refractivity contribution in [2.75, 3.05) is 48.4 Å². The lowest BCUT2D eigenvalue weighted by molar-refractivity contribution is 0.123. The number of hydrogen-bond acceptors (Lipinski definition) is 11. The van der Waals surface area contributed by atoms with Gasteiger partial charge in [-0.15, -0.1) is 23.3 Å². The molecule has 166 valence electrons. The van der Waals surface area contributed by atoms with Crippen LogP contribution in [0.3, 0.4) is 0 Å². The topological polar surface area (TPSA) is 125 Å². The maximum absolute atomic E-state index is 5.43. The summed E-state index contributed by atoms with van der Waals surface area (Å²) < 4.78 is 31.8. The quantitative estimate of drug-likeness (QED) is 0.177. The number of hydrogen-bond donors (Lipinski definition) is 4. The minimum absolute atomic E-state index is 0. The predicted octanol–water partition coefficient (Wildman–Crippen LogP) is 4.51. The van der Waals surface area contributed by atoms with E-state index in [2.05, 4.69) is 37.2 Å². The molecule has 0 saturated heterocycles. The molecule has 6 N–H and O–H groups in total. The third-order valence-corrected chi connectivity index (χ3v) is 25.8. The van der Waals surface area contributed by atoms with Gasteiger partial charge < -0.3 is 38.9 Å². The average Bonchev–Trinajstić information content (AvgIpc) is 2.62. The molecule has 1 atom stereocenters. The van der Waals surface area contributed by atoms with Crippen molar-refractivity contribution >= 4 is 57.4 Å². The van der Waals surface area contributed by atoms with E-state index in [1.807, 2.05) is 0 Å². The predicted molar refractivity (Wildman–Crippen MR) is 127 cm³/mol. The average molecular weight is 493 g/mol. The van der Waals surface area contributed by atoms with Crippen molar-refractivity contribution in [3.05, 3.63) is 0 Å². The summed E-state index contributed by atoms with van der Waals surface area (Å²) in [5.74, 6) is 0.909. The molecule has 0 aliphatic carbocycles. The number of thiol groups is 2. The molecule has 0 heterocycles. The third kappa shape index (κ3) is 9.82. The Morgan fingerprint density at radius 2 is 1.15 bits per heavy atom. The van der Waals surface area contributed by atoms with E-state index in [-0.39, 0.29) is 12.3 Å². The van der Waals surface area contributed by atoms with Gasteiger partial charge in [0, 0.05) is 48.7 Å². The molecule has 0 fully saturated rings. The minimum atomic E-state index is -2.66. The molecule has 0 amide bonds. The van der Waals surface area contributed by atoms with Crippen LogP contribution in [0.25, 0.3) is 0 Å².